The molecule has 1 aromatic carbocycles. The Morgan fingerprint density at radius 3 is 2.52 bits per heavy atom. The summed E-state index contributed by atoms with van der Waals surface area (Å²) in [4.78, 5) is 17.3. The molecule has 4 aromatic rings. The first-order chi connectivity index (χ1) is 26.5. The fourth-order valence-electron chi connectivity index (χ4n) is 7.49. The molecule has 3 aromatic heterocycles. The van der Waals surface area contributed by atoms with Crippen LogP contribution in [0.3, 0.4) is 0 Å². The van der Waals surface area contributed by atoms with Crippen molar-refractivity contribution in [1.29, 1.82) is 0 Å². The van der Waals surface area contributed by atoms with Crippen LogP contribution in [0.15, 0.2) is 41.4 Å². The second-order valence-corrected chi connectivity index (χ2v) is 17.1. The highest BCUT2D eigenvalue weighted by atomic mass is 32.2. The summed E-state index contributed by atoms with van der Waals surface area (Å²) in [5.74, 6) is -2.43. The molecule has 304 valence electrons. The molecular weight excluding hydrogens is 754 g/mol. The lowest BCUT2D eigenvalue weighted by atomic mass is 9.70. The molecule has 2 aliphatic heterocycles. The third kappa shape index (κ3) is 8.65. The largest absolute Gasteiger partial charge is 0.481 e. The minimum absolute atomic E-state index is 0.0506. The number of halogens is 3. The number of aromatic nitrogens is 4. The third-order valence-electron chi connectivity index (χ3n) is 10.9. The Bertz CT molecular complexity index is 2170. The number of nitrogens with zero attached hydrogens (tertiary/aromatic N) is 5. The van der Waals surface area contributed by atoms with Crippen molar-refractivity contribution < 1.29 is 45.7 Å². The van der Waals surface area contributed by atoms with Crippen LogP contribution < -0.4 is 14.8 Å². The summed E-state index contributed by atoms with van der Waals surface area (Å²) < 4.78 is 90.3. The van der Waals surface area contributed by atoms with E-state index < -0.39 is 39.3 Å². The van der Waals surface area contributed by atoms with Crippen molar-refractivity contribution in [3.05, 3.63) is 75.7 Å². The smallest absolute Gasteiger partial charge is 0.452 e. The van der Waals surface area contributed by atoms with Crippen molar-refractivity contribution in [2.75, 3.05) is 46.1 Å². The maximum absolute atomic E-state index is 14.6. The molecule has 5 heterocycles. The third-order valence-corrected chi connectivity index (χ3v) is 12.7. The molecule has 13 nitrogen and oxygen atoms in total. The van der Waals surface area contributed by atoms with Crippen molar-refractivity contribution in [1.82, 2.24) is 29.2 Å². The van der Waals surface area contributed by atoms with Crippen LogP contribution in [0.1, 0.15) is 84.7 Å². The summed E-state index contributed by atoms with van der Waals surface area (Å²) in [6.45, 7) is 11.3. The number of sulfonamides is 1. The molecule has 56 heavy (non-hydrogen) atoms. The van der Waals surface area contributed by atoms with Crippen LogP contribution in [0, 0.1) is 32.1 Å². The van der Waals surface area contributed by atoms with Crippen molar-refractivity contribution >= 4 is 21.6 Å². The van der Waals surface area contributed by atoms with E-state index in [1.165, 1.54) is 22.6 Å². The molecular formula is C39H49F3N6O7S. The molecule has 0 bridgehead atoms. The fraction of sp³-hybridized carbons (Fsp3) is 0.538. The minimum Gasteiger partial charge on any atom is -0.481 e. The lowest BCUT2D eigenvalue weighted by Gasteiger charge is -2.33. The molecule has 0 spiro atoms. The minimum atomic E-state index is -4.75. The number of aryl methyl sites for hydroxylation is 3. The molecule has 1 atom stereocenters. The molecule has 2 aliphatic rings. The Hall–Kier alpha value is -4.32. The van der Waals surface area contributed by atoms with Gasteiger partial charge in [0.25, 0.3) is 0 Å². The zero-order chi connectivity index (χ0) is 40.4. The van der Waals surface area contributed by atoms with Crippen LogP contribution in [-0.2, 0) is 32.3 Å². The molecule has 2 N–H and O–H groups in total. The first-order valence-electron chi connectivity index (χ1n) is 18.8. The quantitative estimate of drug-likeness (QED) is 0.192. The number of benzene rings is 1. The van der Waals surface area contributed by atoms with Crippen LogP contribution in [0.5, 0.6) is 11.8 Å². The van der Waals surface area contributed by atoms with Gasteiger partial charge in [-0.1, -0.05) is 18.2 Å². The van der Waals surface area contributed by atoms with Gasteiger partial charge in [0.1, 0.15) is 11.5 Å². The van der Waals surface area contributed by atoms with E-state index in [1.54, 1.807) is 45.9 Å². The average Bonchev–Trinajstić information content (AvgIpc) is 3.59. The van der Waals surface area contributed by atoms with Crippen molar-refractivity contribution in [3.63, 3.8) is 0 Å². The lowest BCUT2D eigenvalue weighted by Crippen LogP contribution is -2.34. The predicted molar refractivity (Wildman–Crippen MR) is 200 cm³/mol. The number of fused-ring (bicyclic) bond motifs is 2. The molecule has 6 rings (SSSR count). The van der Waals surface area contributed by atoms with E-state index in [-0.39, 0.29) is 49.3 Å². The number of aliphatic carboxylic acids is 1. The summed E-state index contributed by atoms with van der Waals surface area (Å²) in [5.41, 5.74) is 1.71. The van der Waals surface area contributed by atoms with Gasteiger partial charge in [0.2, 0.25) is 27.6 Å². The van der Waals surface area contributed by atoms with Crippen molar-refractivity contribution in [2.24, 2.45) is 11.3 Å². The number of piperidine rings is 1. The molecule has 0 aliphatic carbocycles. The monoisotopic (exact) mass is 802 g/mol. The van der Waals surface area contributed by atoms with E-state index in [0.29, 0.717) is 52.6 Å². The van der Waals surface area contributed by atoms with Crippen LogP contribution in [-0.4, -0.2) is 89.4 Å². The maximum Gasteiger partial charge on any atom is 0.452 e. The van der Waals surface area contributed by atoms with Crippen LogP contribution in [0.2, 0.25) is 0 Å². The maximum atomic E-state index is 14.6. The topological polar surface area (TPSA) is 157 Å². The Morgan fingerprint density at radius 1 is 1.05 bits per heavy atom. The van der Waals surface area contributed by atoms with E-state index in [0.717, 1.165) is 42.3 Å². The standard InChI is InChI=1S/C39H49F3N6O7S/c1-24-7-8-28(32(38(4,5)37(49)50)30-11-16-48-33(26(30)3)45-46-36(48)39(40,41)42)22-29(24)23-47-15-6-17-53-19-20-55-35-31(56(47,51)52)21-25(2)34(44-35)54-18-12-27-9-13-43-14-10-27/h7-8,11,16,21-22,27,32,43H,6,9-10,12-15,17-20,23H2,1-5H3,(H,49,50)/t32-/m1/s1. The van der Waals surface area contributed by atoms with Gasteiger partial charge in [-0.05, 0) is 119 Å². The van der Waals surface area contributed by atoms with Gasteiger partial charge in [0.15, 0.2) is 5.65 Å². The normalized spacial score (nSPS) is 18.1. The van der Waals surface area contributed by atoms with Crippen LogP contribution in [0.25, 0.3) is 5.65 Å². The second kappa shape index (κ2) is 16.6. The van der Waals surface area contributed by atoms with Gasteiger partial charge in [-0.2, -0.15) is 22.5 Å². The molecule has 0 saturated carbocycles. The van der Waals surface area contributed by atoms with Gasteiger partial charge in [0.05, 0.1) is 18.6 Å². The number of hydrogen-bond acceptors (Lipinski definition) is 10. The Labute approximate surface area is 324 Å². The zero-order valence-electron chi connectivity index (χ0n) is 32.3. The second-order valence-electron chi connectivity index (χ2n) is 15.2. The highest BCUT2D eigenvalue weighted by molar-refractivity contribution is 7.89. The highest BCUT2D eigenvalue weighted by Gasteiger charge is 2.42. The first kappa shape index (κ1) is 41.3. The molecule has 0 unspecified atom stereocenters. The van der Waals surface area contributed by atoms with E-state index in [4.69, 9.17) is 14.2 Å². The van der Waals surface area contributed by atoms with Gasteiger partial charge < -0.3 is 24.6 Å². The Kier molecular flexibility index (Phi) is 12.3. The predicted octanol–water partition coefficient (Wildman–Crippen LogP) is 6.07. The van der Waals surface area contributed by atoms with Gasteiger partial charge in [-0.3, -0.25) is 9.20 Å². The van der Waals surface area contributed by atoms with Gasteiger partial charge in [-0.15, -0.1) is 10.2 Å². The molecule has 17 heteroatoms. The Morgan fingerprint density at radius 2 is 1.80 bits per heavy atom. The average molecular weight is 803 g/mol. The van der Waals surface area contributed by atoms with Crippen molar-refractivity contribution in [2.45, 2.75) is 83.8 Å². The highest BCUT2D eigenvalue weighted by Crippen LogP contribution is 2.44. The van der Waals surface area contributed by atoms with Crippen molar-refractivity contribution in [3.8, 4) is 11.8 Å². The van der Waals surface area contributed by atoms with E-state index in [9.17, 15) is 31.5 Å². The fourth-order valence-corrected chi connectivity index (χ4v) is 9.10. The molecule has 1 saturated heterocycles. The van der Waals surface area contributed by atoms with Crippen LogP contribution in [0.4, 0.5) is 13.2 Å². The number of carboxylic acid groups (broad SMARTS) is 1. The van der Waals surface area contributed by atoms with E-state index in [2.05, 4.69) is 20.5 Å². The number of carboxylic acids is 1. The summed E-state index contributed by atoms with van der Waals surface area (Å²) >= 11 is 0. The number of pyridine rings is 2. The Balaban J connectivity index is 1.36. The summed E-state index contributed by atoms with van der Waals surface area (Å²) in [6, 6.07) is 8.33. The summed E-state index contributed by atoms with van der Waals surface area (Å²) in [6.07, 6.45) is -0.159. The summed E-state index contributed by atoms with van der Waals surface area (Å²) in [5, 5.41) is 21.0. The van der Waals surface area contributed by atoms with Gasteiger partial charge in [0, 0.05) is 37.4 Å². The first-order valence-corrected chi connectivity index (χ1v) is 20.2. The molecule has 0 radical (unpaired) electrons. The van der Waals surface area contributed by atoms with Crippen LogP contribution >= 0.6 is 0 Å². The number of ether oxygens (including phenoxy) is 3. The number of rotatable bonds is 10. The number of hydrogen-bond donors (Lipinski definition) is 2. The van der Waals surface area contributed by atoms with E-state index >= 15 is 0 Å². The zero-order valence-corrected chi connectivity index (χ0v) is 33.1. The lowest BCUT2D eigenvalue weighted by molar-refractivity contribution is -0.147. The molecule has 1 fully saturated rings. The van der Waals surface area contributed by atoms with Gasteiger partial charge >= 0.3 is 12.1 Å². The molecule has 0 amide bonds. The van der Waals surface area contributed by atoms with Gasteiger partial charge in [-0.25, -0.2) is 8.42 Å². The summed E-state index contributed by atoms with van der Waals surface area (Å²) in [7, 11) is -4.23. The number of alkyl halides is 3. The SMILES string of the molecule is Cc1ccc([C@H](c2ccn3c(C(F)(F)F)nnc3c2C)C(C)(C)C(=O)O)cc1CN1CCCOCCOc2nc(OCCC3CCNCC3)c(C)cc2S1(=O)=O. The number of nitrogens with one attached hydrogen (secondary N) is 1. The number of carbonyl (C=O) groups is 1. The van der Waals surface area contributed by atoms with E-state index in [1.807, 2.05) is 6.92 Å².